The topological polar surface area (TPSA) is 98.5 Å². The summed E-state index contributed by atoms with van der Waals surface area (Å²) in [7, 11) is -3.39. The first-order valence-electron chi connectivity index (χ1n) is 10.6. The van der Waals surface area contributed by atoms with Crippen molar-refractivity contribution >= 4 is 15.8 Å². The van der Waals surface area contributed by atoms with Gasteiger partial charge in [0.25, 0.3) is 0 Å². The Balaban J connectivity index is 2.69. The Bertz CT molecular complexity index is 763. The Kier molecular flexibility index (Phi) is 9.19. The summed E-state index contributed by atoms with van der Waals surface area (Å²) in [5.41, 5.74) is 13.7. The molecule has 0 unspecified atom stereocenters. The summed E-state index contributed by atoms with van der Waals surface area (Å²) in [4.78, 5) is 3.80. The molecule has 1 aliphatic rings. The lowest BCUT2D eigenvalue weighted by Crippen LogP contribution is -2.36. The van der Waals surface area contributed by atoms with Crippen molar-refractivity contribution in [3.63, 3.8) is 0 Å². The van der Waals surface area contributed by atoms with Crippen molar-refractivity contribution in [1.29, 1.82) is 0 Å². The molecule has 0 aliphatic heterocycles. The van der Waals surface area contributed by atoms with Crippen LogP contribution in [-0.2, 0) is 9.84 Å². The van der Waals surface area contributed by atoms with Crippen LogP contribution in [0.1, 0.15) is 73.1 Å². The number of allylic oxidation sites excluding steroid dienone is 4. The summed E-state index contributed by atoms with van der Waals surface area (Å²) in [5.74, 6) is 0.516. The minimum absolute atomic E-state index is 0.0760. The highest BCUT2D eigenvalue weighted by Gasteiger charge is 2.35. The van der Waals surface area contributed by atoms with Crippen molar-refractivity contribution in [1.82, 2.24) is 0 Å². The van der Waals surface area contributed by atoms with Gasteiger partial charge in [-0.15, -0.1) is 6.58 Å². The molecule has 5 nitrogen and oxygen atoms in total. The molecule has 0 spiro atoms. The third-order valence-corrected chi connectivity index (χ3v) is 9.52. The monoisotopic (exact) mass is 423 g/mol. The van der Waals surface area contributed by atoms with E-state index in [9.17, 15) is 8.42 Å². The Hall–Kier alpha value is -1.56. The number of hydrogen-bond acceptors (Lipinski definition) is 3. The minimum Gasteiger partial charge on any atom is -0.370 e. The lowest BCUT2D eigenvalue weighted by molar-refractivity contribution is 0.211. The zero-order chi connectivity index (χ0) is 22.3. The number of nitrogens with two attached hydrogens (primary N) is 2. The van der Waals surface area contributed by atoms with Crippen molar-refractivity contribution in [2.24, 2.45) is 27.8 Å². The average Bonchev–Trinajstić information content (AvgIpc) is 2.63. The number of guanidine groups is 1. The van der Waals surface area contributed by atoms with Gasteiger partial charge in [0.05, 0.1) is 17.0 Å². The quantitative estimate of drug-likeness (QED) is 0.290. The van der Waals surface area contributed by atoms with Crippen LogP contribution in [0.15, 0.2) is 40.9 Å². The van der Waals surface area contributed by atoms with E-state index in [1.165, 1.54) is 24.0 Å². The van der Waals surface area contributed by atoms with Crippen molar-refractivity contribution in [2.45, 2.75) is 77.9 Å². The van der Waals surface area contributed by atoms with E-state index in [2.05, 4.69) is 51.4 Å². The standard InChI is InChI=1S/C23H41N3O2S/c1-7-22(5,29(27,28)17-16-26-21(24)25)14-9-10-18(2)13-15-23(6)19(3)11-8-12-20(23)4/h7,10-11,20H,1,8-9,12-17H2,2-6H3,(H4,24,25,26)/b18-10+/t20-,22+,23-/m1/s1. The summed E-state index contributed by atoms with van der Waals surface area (Å²) in [6, 6.07) is 0. The lowest BCUT2D eigenvalue weighted by atomic mass is 9.65. The molecule has 6 heteroatoms. The van der Waals surface area contributed by atoms with Gasteiger partial charge in [-0.2, -0.15) is 0 Å². The van der Waals surface area contributed by atoms with E-state index < -0.39 is 14.6 Å². The van der Waals surface area contributed by atoms with Crippen LogP contribution in [0.4, 0.5) is 0 Å². The van der Waals surface area contributed by atoms with Gasteiger partial charge in [-0.3, -0.25) is 4.99 Å². The van der Waals surface area contributed by atoms with Crippen LogP contribution in [0.5, 0.6) is 0 Å². The number of hydrogen-bond donors (Lipinski definition) is 2. The maximum Gasteiger partial charge on any atom is 0.185 e. The average molecular weight is 424 g/mol. The van der Waals surface area contributed by atoms with E-state index in [0.717, 1.165) is 12.8 Å². The molecule has 0 radical (unpaired) electrons. The van der Waals surface area contributed by atoms with Crippen molar-refractivity contribution < 1.29 is 8.42 Å². The van der Waals surface area contributed by atoms with Crippen molar-refractivity contribution in [3.8, 4) is 0 Å². The molecular weight excluding hydrogens is 382 g/mol. The predicted molar refractivity (Wildman–Crippen MR) is 126 cm³/mol. The first kappa shape index (κ1) is 25.5. The highest BCUT2D eigenvalue weighted by Crippen LogP contribution is 2.45. The Morgan fingerprint density at radius 2 is 2.10 bits per heavy atom. The number of rotatable bonds is 11. The molecule has 1 rings (SSSR count). The first-order valence-corrected chi connectivity index (χ1v) is 12.3. The van der Waals surface area contributed by atoms with E-state index in [0.29, 0.717) is 18.8 Å². The van der Waals surface area contributed by atoms with Gasteiger partial charge >= 0.3 is 0 Å². The molecule has 0 bridgehead atoms. The Morgan fingerprint density at radius 1 is 1.45 bits per heavy atom. The second kappa shape index (κ2) is 10.5. The highest BCUT2D eigenvalue weighted by atomic mass is 32.2. The third-order valence-electron chi connectivity index (χ3n) is 7.01. The third kappa shape index (κ3) is 6.73. The summed E-state index contributed by atoms with van der Waals surface area (Å²) in [6.07, 6.45) is 11.9. The van der Waals surface area contributed by atoms with Crippen LogP contribution < -0.4 is 11.5 Å². The predicted octanol–water partition coefficient (Wildman–Crippen LogP) is 4.51. The van der Waals surface area contributed by atoms with E-state index in [-0.39, 0.29) is 23.7 Å². The Labute approximate surface area is 178 Å². The molecule has 0 amide bonds. The van der Waals surface area contributed by atoms with E-state index in [4.69, 9.17) is 11.5 Å². The van der Waals surface area contributed by atoms with Crippen LogP contribution in [-0.4, -0.2) is 31.4 Å². The van der Waals surface area contributed by atoms with E-state index >= 15 is 0 Å². The summed E-state index contributed by atoms with van der Waals surface area (Å²) >= 11 is 0. The molecular formula is C23H41N3O2S. The molecule has 0 aromatic heterocycles. The fourth-order valence-electron chi connectivity index (χ4n) is 4.01. The maximum atomic E-state index is 12.7. The minimum atomic E-state index is -3.39. The van der Waals surface area contributed by atoms with Gasteiger partial charge in [0, 0.05) is 0 Å². The molecule has 29 heavy (non-hydrogen) atoms. The normalized spacial score (nSPS) is 25.1. The molecule has 1 aliphatic carbocycles. The van der Waals surface area contributed by atoms with Crippen LogP contribution in [0.25, 0.3) is 0 Å². The van der Waals surface area contributed by atoms with Crippen LogP contribution in [0.2, 0.25) is 0 Å². The molecule has 3 atom stereocenters. The van der Waals surface area contributed by atoms with Gasteiger partial charge < -0.3 is 11.5 Å². The van der Waals surface area contributed by atoms with Crippen LogP contribution in [0.3, 0.4) is 0 Å². The summed E-state index contributed by atoms with van der Waals surface area (Å²) in [6.45, 7) is 14.7. The van der Waals surface area contributed by atoms with Gasteiger partial charge in [0.15, 0.2) is 15.8 Å². The second-order valence-corrected chi connectivity index (χ2v) is 11.6. The fourth-order valence-corrected chi connectivity index (χ4v) is 5.49. The van der Waals surface area contributed by atoms with E-state index in [1.807, 2.05) is 0 Å². The number of nitrogens with zero attached hydrogens (tertiary/aromatic N) is 1. The SMILES string of the molecule is C=C[C@@](C)(CC/C=C(\C)CC[C@]1(C)C(C)=CCC[C@H]1C)S(=O)(=O)CCN=C(N)N. The molecule has 0 aromatic rings. The van der Waals surface area contributed by atoms with Crippen molar-refractivity contribution in [3.05, 3.63) is 36.0 Å². The zero-order valence-corrected chi connectivity index (χ0v) is 19.8. The Morgan fingerprint density at radius 3 is 2.66 bits per heavy atom. The van der Waals surface area contributed by atoms with Gasteiger partial charge in [-0.05, 0) is 70.6 Å². The van der Waals surface area contributed by atoms with Crippen LogP contribution in [0, 0.1) is 11.3 Å². The fraction of sp³-hybridized carbons (Fsp3) is 0.696. The number of sulfone groups is 1. The highest BCUT2D eigenvalue weighted by molar-refractivity contribution is 7.93. The van der Waals surface area contributed by atoms with Gasteiger partial charge in [0.2, 0.25) is 0 Å². The second-order valence-electron chi connectivity index (χ2n) is 9.01. The van der Waals surface area contributed by atoms with Crippen molar-refractivity contribution in [2.75, 3.05) is 12.3 Å². The molecule has 0 aromatic carbocycles. The van der Waals surface area contributed by atoms with Crippen LogP contribution >= 0.6 is 0 Å². The molecule has 0 saturated carbocycles. The first-order chi connectivity index (χ1) is 13.4. The number of aliphatic imine (C=N–C) groups is 1. The summed E-state index contributed by atoms with van der Waals surface area (Å²) < 4.78 is 24.5. The molecule has 0 fully saturated rings. The zero-order valence-electron chi connectivity index (χ0n) is 19.0. The maximum absolute atomic E-state index is 12.7. The molecule has 166 valence electrons. The van der Waals surface area contributed by atoms with Gasteiger partial charge in [-0.1, -0.05) is 43.2 Å². The largest absolute Gasteiger partial charge is 0.370 e. The molecule has 0 saturated heterocycles. The molecule has 0 heterocycles. The lowest BCUT2D eigenvalue weighted by Gasteiger charge is -2.40. The van der Waals surface area contributed by atoms with E-state index in [1.54, 1.807) is 13.0 Å². The smallest absolute Gasteiger partial charge is 0.185 e. The molecule has 4 N–H and O–H groups in total. The van der Waals surface area contributed by atoms with Gasteiger partial charge in [-0.25, -0.2) is 8.42 Å². The van der Waals surface area contributed by atoms with Gasteiger partial charge in [0.1, 0.15) is 0 Å². The summed E-state index contributed by atoms with van der Waals surface area (Å²) in [5, 5.41) is 0.